The van der Waals surface area contributed by atoms with Crippen LogP contribution < -0.4 is 5.32 Å². The van der Waals surface area contributed by atoms with Crippen LogP contribution in [0.3, 0.4) is 0 Å². The summed E-state index contributed by atoms with van der Waals surface area (Å²) in [6, 6.07) is 13.8. The summed E-state index contributed by atoms with van der Waals surface area (Å²) in [6.45, 7) is 0.464. The van der Waals surface area contributed by atoms with Crippen LogP contribution in [0.1, 0.15) is 21.5 Å². The zero-order valence-electron chi connectivity index (χ0n) is 13.4. The normalized spacial score (nSPS) is 10.6. The predicted octanol–water partition coefficient (Wildman–Crippen LogP) is 3.21. The first-order chi connectivity index (χ1) is 12.2. The van der Waals surface area contributed by atoms with Crippen LogP contribution in [0.15, 0.2) is 60.0 Å². The Morgan fingerprint density at radius 2 is 2.00 bits per heavy atom. The lowest BCUT2D eigenvalue weighted by Gasteiger charge is -2.06. The monoisotopic (exact) mass is 356 g/mol. The molecule has 0 saturated carbocycles. The standard InChI is InChI=1S/C18H17FN4OS/c19-16-3-1-2-13(10-16)8-9-20-17(24)15-6-4-14(5-7-15)11-25-18-21-12-22-23-18/h1-7,10,12H,8-9,11H2,(H,20,24)(H,21,22,23). The molecule has 1 aromatic heterocycles. The molecule has 0 aliphatic heterocycles. The van der Waals surface area contributed by atoms with Crippen LogP contribution in [-0.2, 0) is 12.2 Å². The summed E-state index contributed by atoms with van der Waals surface area (Å²) in [7, 11) is 0. The molecular formula is C18H17FN4OS. The van der Waals surface area contributed by atoms with Crippen LogP contribution in [-0.4, -0.2) is 27.6 Å². The van der Waals surface area contributed by atoms with E-state index in [1.54, 1.807) is 30.0 Å². The Morgan fingerprint density at radius 1 is 1.16 bits per heavy atom. The molecule has 7 heteroatoms. The van der Waals surface area contributed by atoms with Crippen molar-refractivity contribution < 1.29 is 9.18 Å². The molecule has 0 fully saturated rings. The highest BCUT2D eigenvalue weighted by Gasteiger charge is 2.06. The first kappa shape index (κ1) is 17.2. The van der Waals surface area contributed by atoms with Gasteiger partial charge in [0.05, 0.1) is 0 Å². The molecule has 0 radical (unpaired) electrons. The Balaban J connectivity index is 1.47. The number of thioether (sulfide) groups is 1. The van der Waals surface area contributed by atoms with Crippen LogP contribution in [0.2, 0.25) is 0 Å². The van der Waals surface area contributed by atoms with E-state index >= 15 is 0 Å². The molecule has 1 amide bonds. The Hall–Kier alpha value is -2.67. The van der Waals surface area contributed by atoms with Crippen LogP contribution in [0.5, 0.6) is 0 Å². The lowest BCUT2D eigenvalue weighted by molar-refractivity contribution is 0.0954. The number of nitrogens with zero attached hydrogens (tertiary/aromatic N) is 2. The number of aromatic amines is 1. The zero-order chi connectivity index (χ0) is 17.5. The van der Waals surface area contributed by atoms with E-state index in [0.717, 1.165) is 22.0 Å². The first-order valence-corrected chi connectivity index (χ1v) is 8.79. The van der Waals surface area contributed by atoms with Crippen molar-refractivity contribution in [3.63, 3.8) is 0 Å². The smallest absolute Gasteiger partial charge is 0.251 e. The van der Waals surface area contributed by atoms with Crippen molar-refractivity contribution in [3.05, 3.63) is 77.4 Å². The van der Waals surface area contributed by atoms with Crippen molar-refractivity contribution in [3.8, 4) is 0 Å². The van der Waals surface area contributed by atoms with Gasteiger partial charge in [-0.1, -0.05) is 36.0 Å². The van der Waals surface area contributed by atoms with E-state index in [0.29, 0.717) is 18.5 Å². The molecule has 1 heterocycles. The second-order valence-electron chi connectivity index (χ2n) is 5.41. The number of carbonyl (C=O) groups excluding carboxylic acids is 1. The highest BCUT2D eigenvalue weighted by Crippen LogP contribution is 2.18. The molecule has 2 aromatic carbocycles. The third-order valence-electron chi connectivity index (χ3n) is 3.57. The lowest BCUT2D eigenvalue weighted by Crippen LogP contribution is -2.25. The summed E-state index contributed by atoms with van der Waals surface area (Å²) in [5.74, 6) is 0.352. The molecule has 0 aliphatic rings. The summed E-state index contributed by atoms with van der Waals surface area (Å²) in [4.78, 5) is 16.2. The highest BCUT2D eigenvalue weighted by atomic mass is 32.2. The van der Waals surface area contributed by atoms with Gasteiger partial charge in [-0.15, -0.1) is 0 Å². The summed E-state index contributed by atoms with van der Waals surface area (Å²) in [6.07, 6.45) is 2.06. The number of hydrogen-bond donors (Lipinski definition) is 2. The topological polar surface area (TPSA) is 70.7 Å². The lowest BCUT2D eigenvalue weighted by atomic mass is 10.1. The fraction of sp³-hybridized carbons (Fsp3) is 0.167. The van der Waals surface area contributed by atoms with Gasteiger partial charge < -0.3 is 5.32 Å². The van der Waals surface area contributed by atoms with Crippen LogP contribution in [0, 0.1) is 5.82 Å². The van der Waals surface area contributed by atoms with Gasteiger partial charge in [0, 0.05) is 17.9 Å². The molecule has 0 bridgehead atoms. The van der Waals surface area contributed by atoms with Crippen molar-refractivity contribution in [1.29, 1.82) is 0 Å². The average Bonchev–Trinajstić information content (AvgIpc) is 3.14. The molecule has 0 saturated heterocycles. The Morgan fingerprint density at radius 3 is 2.72 bits per heavy atom. The molecule has 128 valence electrons. The van der Waals surface area contributed by atoms with Crippen LogP contribution in [0.25, 0.3) is 0 Å². The van der Waals surface area contributed by atoms with Crippen molar-refractivity contribution in [2.45, 2.75) is 17.3 Å². The van der Waals surface area contributed by atoms with Gasteiger partial charge in [-0.3, -0.25) is 9.89 Å². The number of benzene rings is 2. The number of halogens is 1. The summed E-state index contributed by atoms with van der Waals surface area (Å²) >= 11 is 1.55. The van der Waals surface area contributed by atoms with E-state index in [1.807, 2.05) is 18.2 Å². The minimum Gasteiger partial charge on any atom is -0.352 e. The van der Waals surface area contributed by atoms with Crippen molar-refractivity contribution in [2.24, 2.45) is 0 Å². The van der Waals surface area contributed by atoms with Crippen molar-refractivity contribution >= 4 is 17.7 Å². The van der Waals surface area contributed by atoms with E-state index in [2.05, 4.69) is 20.5 Å². The van der Waals surface area contributed by atoms with Crippen molar-refractivity contribution in [2.75, 3.05) is 6.54 Å². The number of nitrogens with one attached hydrogen (secondary N) is 2. The van der Waals surface area contributed by atoms with Crippen molar-refractivity contribution in [1.82, 2.24) is 20.5 Å². The Kier molecular flexibility index (Phi) is 5.79. The van der Waals surface area contributed by atoms with E-state index in [-0.39, 0.29) is 11.7 Å². The molecule has 3 rings (SSSR count). The largest absolute Gasteiger partial charge is 0.352 e. The molecular weight excluding hydrogens is 339 g/mol. The maximum absolute atomic E-state index is 13.1. The fourth-order valence-electron chi connectivity index (χ4n) is 2.28. The SMILES string of the molecule is O=C(NCCc1cccc(F)c1)c1ccc(CSc2ncn[nH]2)cc1. The molecule has 0 atom stereocenters. The number of rotatable bonds is 7. The third kappa shape index (κ3) is 5.15. The molecule has 2 N–H and O–H groups in total. The van der Waals surface area contributed by atoms with Gasteiger partial charge in [0.2, 0.25) is 0 Å². The average molecular weight is 356 g/mol. The Labute approximate surface area is 149 Å². The second-order valence-corrected chi connectivity index (χ2v) is 6.38. The van der Waals surface area contributed by atoms with E-state index in [4.69, 9.17) is 0 Å². The number of H-pyrrole nitrogens is 1. The molecule has 0 unspecified atom stereocenters. The Bertz CT molecular complexity index is 821. The molecule has 5 nitrogen and oxygen atoms in total. The highest BCUT2D eigenvalue weighted by molar-refractivity contribution is 7.98. The van der Waals surface area contributed by atoms with Gasteiger partial charge in [0.25, 0.3) is 5.91 Å². The quantitative estimate of drug-likeness (QED) is 0.638. The van der Waals surface area contributed by atoms with E-state index in [1.165, 1.54) is 18.5 Å². The molecule has 0 aliphatic carbocycles. The van der Waals surface area contributed by atoms with Gasteiger partial charge in [0.15, 0.2) is 5.16 Å². The number of hydrogen-bond acceptors (Lipinski definition) is 4. The molecule has 25 heavy (non-hydrogen) atoms. The third-order valence-corrected chi connectivity index (χ3v) is 4.52. The maximum Gasteiger partial charge on any atom is 0.251 e. The number of carbonyl (C=O) groups is 1. The zero-order valence-corrected chi connectivity index (χ0v) is 14.2. The first-order valence-electron chi connectivity index (χ1n) is 7.80. The van der Waals surface area contributed by atoms with Gasteiger partial charge in [-0.25, -0.2) is 9.37 Å². The predicted molar refractivity (Wildman–Crippen MR) is 94.8 cm³/mol. The summed E-state index contributed by atoms with van der Waals surface area (Å²) in [5.41, 5.74) is 2.56. The van der Waals surface area contributed by atoms with Gasteiger partial charge in [-0.2, -0.15) is 5.10 Å². The summed E-state index contributed by atoms with van der Waals surface area (Å²) < 4.78 is 13.1. The molecule has 3 aromatic rings. The van der Waals surface area contributed by atoms with E-state index in [9.17, 15) is 9.18 Å². The minimum absolute atomic E-state index is 0.133. The molecule has 0 spiro atoms. The number of amides is 1. The van der Waals surface area contributed by atoms with Crippen LogP contribution >= 0.6 is 11.8 Å². The van der Waals surface area contributed by atoms with Gasteiger partial charge >= 0.3 is 0 Å². The fourth-order valence-corrected chi connectivity index (χ4v) is 3.02. The van der Waals surface area contributed by atoms with Gasteiger partial charge in [-0.05, 0) is 41.8 Å². The van der Waals surface area contributed by atoms with Gasteiger partial charge in [0.1, 0.15) is 12.1 Å². The summed E-state index contributed by atoms with van der Waals surface area (Å²) in [5, 5.41) is 10.2. The second kappa shape index (κ2) is 8.43. The van der Waals surface area contributed by atoms with E-state index < -0.39 is 0 Å². The van der Waals surface area contributed by atoms with Crippen LogP contribution in [0.4, 0.5) is 4.39 Å². The minimum atomic E-state index is -0.261. The number of aromatic nitrogens is 3. The maximum atomic E-state index is 13.1.